The molecule has 2 aromatic carbocycles. The quantitative estimate of drug-likeness (QED) is 0.408. The molecule has 0 bridgehead atoms. The van der Waals surface area contributed by atoms with Crippen molar-refractivity contribution in [1.82, 2.24) is 4.90 Å². The van der Waals surface area contributed by atoms with Gasteiger partial charge in [0.2, 0.25) is 0 Å². The molecule has 0 radical (unpaired) electrons. The highest BCUT2D eigenvalue weighted by Crippen LogP contribution is 2.38. The number of hydrogen-bond acceptors (Lipinski definition) is 6. The molecule has 31 heavy (non-hydrogen) atoms. The first-order chi connectivity index (χ1) is 14.8. The van der Waals surface area contributed by atoms with E-state index in [0.717, 1.165) is 4.90 Å². The fourth-order valence-electron chi connectivity index (χ4n) is 4.03. The highest BCUT2D eigenvalue weighted by molar-refractivity contribution is 6.47. The maximum atomic E-state index is 13.5. The number of rotatable bonds is 4. The fraction of sp³-hybridized carbons (Fsp3) is 0.273. The third kappa shape index (κ3) is 3.80. The molecule has 2 atom stereocenters. The molecule has 160 valence electrons. The normalized spacial score (nSPS) is 21.8. The number of amides is 2. The molecule has 4 rings (SSSR count). The Morgan fingerprint density at radius 2 is 1.61 bits per heavy atom. The molecule has 1 fully saturated rings. The Bertz CT molecular complexity index is 1090. The number of benzene rings is 2. The average molecular weight is 442 g/mol. The van der Waals surface area contributed by atoms with Crippen molar-refractivity contribution in [2.45, 2.75) is 26.1 Å². The lowest BCUT2D eigenvalue weighted by Crippen LogP contribution is -2.47. The van der Waals surface area contributed by atoms with Gasteiger partial charge in [-0.05, 0) is 43.7 Å². The second kappa shape index (κ2) is 8.13. The number of ether oxygens (including phenoxy) is 1. The van der Waals surface area contributed by atoms with Gasteiger partial charge in [0.15, 0.2) is 0 Å². The number of nitro groups is 1. The van der Waals surface area contributed by atoms with Gasteiger partial charge in [0.1, 0.15) is 5.70 Å². The van der Waals surface area contributed by atoms with E-state index >= 15 is 0 Å². The highest BCUT2D eigenvalue weighted by Gasteiger charge is 2.44. The highest BCUT2D eigenvalue weighted by atomic mass is 35.5. The number of morpholine rings is 1. The van der Waals surface area contributed by atoms with E-state index in [1.54, 1.807) is 24.3 Å². The van der Waals surface area contributed by atoms with Gasteiger partial charge in [-0.25, -0.2) is 4.90 Å². The van der Waals surface area contributed by atoms with Crippen LogP contribution in [-0.4, -0.2) is 46.9 Å². The molecule has 0 saturated carbocycles. The van der Waals surface area contributed by atoms with Crippen LogP contribution in [0.2, 0.25) is 5.02 Å². The second-order valence-corrected chi connectivity index (χ2v) is 7.99. The van der Waals surface area contributed by atoms with E-state index in [1.807, 2.05) is 18.7 Å². The van der Waals surface area contributed by atoms with Gasteiger partial charge in [-0.2, -0.15) is 0 Å². The molecular weight excluding hydrogens is 422 g/mol. The third-order valence-corrected chi connectivity index (χ3v) is 5.58. The van der Waals surface area contributed by atoms with Crippen LogP contribution in [0.4, 0.5) is 11.4 Å². The molecule has 0 N–H and O–H groups in total. The number of carbonyl (C=O) groups is 2. The van der Waals surface area contributed by atoms with Crippen LogP contribution in [0.5, 0.6) is 0 Å². The molecule has 0 aromatic heterocycles. The van der Waals surface area contributed by atoms with Gasteiger partial charge in [-0.3, -0.25) is 19.7 Å². The van der Waals surface area contributed by atoms with Crippen LogP contribution in [0.25, 0.3) is 5.57 Å². The summed E-state index contributed by atoms with van der Waals surface area (Å²) < 4.78 is 5.78. The molecule has 2 aliphatic heterocycles. The van der Waals surface area contributed by atoms with Crippen molar-refractivity contribution in [3.8, 4) is 0 Å². The molecule has 9 heteroatoms. The number of anilines is 1. The standard InChI is InChI=1S/C22H20ClN3O5/c1-13-11-24(12-14(2)31-13)20-19(15-7-9-16(10-8-15)26(29)30)21(27)25(22(20)28)18-6-4-3-5-17(18)23/h3-10,13-14H,11-12H2,1-2H3. The molecule has 2 amide bonds. The number of carbonyl (C=O) groups excluding carboxylic acids is 2. The largest absolute Gasteiger partial charge is 0.372 e. The average Bonchev–Trinajstić information content (AvgIpc) is 2.98. The first kappa shape index (κ1) is 21.0. The molecule has 1 saturated heterocycles. The summed E-state index contributed by atoms with van der Waals surface area (Å²) in [7, 11) is 0. The number of nitro benzene ring substituents is 1. The molecule has 2 unspecified atom stereocenters. The minimum Gasteiger partial charge on any atom is -0.372 e. The van der Waals surface area contributed by atoms with Gasteiger partial charge in [0.25, 0.3) is 17.5 Å². The Morgan fingerprint density at radius 1 is 1.00 bits per heavy atom. The SMILES string of the molecule is CC1CN(C2=C(c3ccc([N+](=O)[O-])cc3)C(=O)N(c3ccccc3Cl)C2=O)CC(C)O1. The van der Waals surface area contributed by atoms with E-state index in [1.165, 1.54) is 24.3 Å². The van der Waals surface area contributed by atoms with Crippen LogP contribution in [0.15, 0.2) is 54.2 Å². The van der Waals surface area contributed by atoms with Crippen LogP contribution < -0.4 is 4.90 Å². The van der Waals surface area contributed by atoms with Crippen molar-refractivity contribution in [3.05, 3.63) is 74.9 Å². The summed E-state index contributed by atoms with van der Waals surface area (Å²) in [6, 6.07) is 12.3. The van der Waals surface area contributed by atoms with Crippen molar-refractivity contribution in [2.75, 3.05) is 18.0 Å². The number of hydrogen-bond donors (Lipinski definition) is 0. The van der Waals surface area contributed by atoms with Crippen molar-refractivity contribution in [3.63, 3.8) is 0 Å². The third-order valence-electron chi connectivity index (χ3n) is 5.26. The lowest BCUT2D eigenvalue weighted by molar-refractivity contribution is -0.384. The van der Waals surface area contributed by atoms with Crippen molar-refractivity contribution in [1.29, 1.82) is 0 Å². The minimum absolute atomic E-state index is 0.0979. The first-order valence-electron chi connectivity index (χ1n) is 9.80. The molecular formula is C22H20ClN3O5. The first-order valence-corrected chi connectivity index (χ1v) is 10.2. The monoisotopic (exact) mass is 441 g/mol. The number of para-hydroxylation sites is 1. The zero-order chi connectivity index (χ0) is 22.3. The predicted molar refractivity (Wildman–Crippen MR) is 116 cm³/mol. The summed E-state index contributed by atoms with van der Waals surface area (Å²) in [5.41, 5.74) is 1.07. The van der Waals surface area contributed by atoms with E-state index in [0.29, 0.717) is 24.3 Å². The van der Waals surface area contributed by atoms with Crippen molar-refractivity contribution in [2.24, 2.45) is 0 Å². The van der Waals surface area contributed by atoms with Gasteiger partial charge >= 0.3 is 0 Å². The van der Waals surface area contributed by atoms with Crippen molar-refractivity contribution < 1.29 is 19.2 Å². The second-order valence-electron chi connectivity index (χ2n) is 7.59. The lowest BCUT2D eigenvalue weighted by atomic mass is 10.0. The van der Waals surface area contributed by atoms with Crippen LogP contribution in [-0.2, 0) is 14.3 Å². The minimum atomic E-state index is -0.520. The van der Waals surface area contributed by atoms with E-state index < -0.39 is 16.7 Å². The topological polar surface area (TPSA) is 93.0 Å². The Balaban J connectivity index is 1.85. The molecule has 8 nitrogen and oxygen atoms in total. The summed E-state index contributed by atoms with van der Waals surface area (Å²) in [6.07, 6.45) is -0.266. The van der Waals surface area contributed by atoms with Crippen LogP contribution in [0, 0.1) is 10.1 Å². The van der Waals surface area contributed by atoms with Crippen molar-refractivity contribution >= 4 is 40.4 Å². The van der Waals surface area contributed by atoms with Gasteiger partial charge in [-0.15, -0.1) is 0 Å². The Kier molecular flexibility index (Phi) is 5.51. The van der Waals surface area contributed by atoms with Crippen LogP contribution in [0.3, 0.4) is 0 Å². The zero-order valence-corrected chi connectivity index (χ0v) is 17.7. The van der Waals surface area contributed by atoms with E-state index in [9.17, 15) is 19.7 Å². The summed E-state index contributed by atoms with van der Waals surface area (Å²) in [5.74, 6) is -0.999. The number of imide groups is 1. The number of non-ortho nitro benzene ring substituents is 1. The Hall–Kier alpha value is -3.23. The predicted octanol–water partition coefficient (Wildman–Crippen LogP) is 3.64. The summed E-state index contributed by atoms with van der Waals surface area (Å²) in [4.78, 5) is 40.5. The molecule has 0 aliphatic carbocycles. The van der Waals surface area contributed by atoms with Crippen LogP contribution >= 0.6 is 11.6 Å². The van der Waals surface area contributed by atoms with E-state index in [4.69, 9.17) is 16.3 Å². The zero-order valence-electron chi connectivity index (χ0n) is 16.9. The maximum absolute atomic E-state index is 13.5. The number of nitrogens with zero attached hydrogens (tertiary/aromatic N) is 3. The Morgan fingerprint density at radius 3 is 2.19 bits per heavy atom. The Labute approximate surface area is 183 Å². The summed E-state index contributed by atoms with van der Waals surface area (Å²) >= 11 is 6.29. The van der Waals surface area contributed by atoms with E-state index in [2.05, 4.69) is 0 Å². The number of halogens is 1. The smallest absolute Gasteiger partial charge is 0.282 e. The summed E-state index contributed by atoms with van der Waals surface area (Å²) in [5, 5.41) is 11.3. The molecule has 0 spiro atoms. The van der Waals surface area contributed by atoms with E-state index in [-0.39, 0.29) is 34.2 Å². The van der Waals surface area contributed by atoms with Gasteiger partial charge in [0, 0.05) is 25.2 Å². The van der Waals surface area contributed by atoms with Gasteiger partial charge in [-0.1, -0.05) is 23.7 Å². The fourth-order valence-corrected chi connectivity index (χ4v) is 4.25. The maximum Gasteiger partial charge on any atom is 0.282 e. The summed E-state index contributed by atoms with van der Waals surface area (Å²) in [6.45, 7) is 4.68. The van der Waals surface area contributed by atoms with Gasteiger partial charge in [0.05, 0.1) is 33.4 Å². The van der Waals surface area contributed by atoms with Crippen LogP contribution in [0.1, 0.15) is 19.4 Å². The molecule has 2 aliphatic rings. The molecule has 2 heterocycles. The molecule has 2 aromatic rings. The lowest BCUT2D eigenvalue weighted by Gasteiger charge is -2.37. The van der Waals surface area contributed by atoms with Gasteiger partial charge < -0.3 is 9.64 Å².